The van der Waals surface area contributed by atoms with Crippen molar-refractivity contribution in [1.82, 2.24) is 24.1 Å². The maximum Gasteiger partial charge on any atom is 0.162 e. The second-order valence-corrected chi connectivity index (χ2v) is 5.62. The normalized spacial score (nSPS) is 11.3. The van der Waals surface area contributed by atoms with Crippen molar-refractivity contribution in [1.29, 1.82) is 0 Å². The Labute approximate surface area is 142 Å². The number of rotatable bonds is 4. The Morgan fingerprint density at radius 2 is 1.96 bits per heavy atom. The van der Waals surface area contributed by atoms with E-state index in [0.717, 1.165) is 11.3 Å². The van der Waals surface area contributed by atoms with Gasteiger partial charge >= 0.3 is 0 Å². The molecule has 4 aromatic rings. The van der Waals surface area contributed by atoms with Crippen LogP contribution in [0.2, 0.25) is 0 Å². The monoisotopic (exact) mass is 339 g/mol. The zero-order valence-electron chi connectivity index (χ0n) is 13.5. The Kier molecular flexibility index (Phi) is 3.76. The molecule has 0 aliphatic rings. The van der Waals surface area contributed by atoms with Crippen LogP contribution in [-0.4, -0.2) is 24.1 Å². The van der Waals surface area contributed by atoms with Crippen LogP contribution in [0.4, 0.5) is 8.78 Å². The summed E-state index contributed by atoms with van der Waals surface area (Å²) in [5.74, 6) is 0.428. The first kappa shape index (κ1) is 15.4. The topological polar surface area (TPSA) is 48.5 Å². The third-order valence-corrected chi connectivity index (χ3v) is 4.10. The number of benzene rings is 1. The van der Waals surface area contributed by atoms with Crippen molar-refractivity contribution >= 4 is 11.0 Å². The van der Waals surface area contributed by atoms with Gasteiger partial charge in [-0.2, -0.15) is 0 Å². The SMILES string of the molecule is CCn1c(Cn2ccnc2-c2ncccc2F)nc2cc(F)ccc21. The van der Waals surface area contributed by atoms with Gasteiger partial charge in [0.05, 0.1) is 17.6 Å². The van der Waals surface area contributed by atoms with Gasteiger partial charge in [0.15, 0.2) is 11.6 Å². The smallest absolute Gasteiger partial charge is 0.162 e. The van der Waals surface area contributed by atoms with Crippen LogP contribution in [0.25, 0.3) is 22.6 Å². The largest absolute Gasteiger partial charge is 0.327 e. The average Bonchev–Trinajstić information content (AvgIpc) is 3.19. The minimum Gasteiger partial charge on any atom is -0.327 e. The highest BCUT2D eigenvalue weighted by molar-refractivity contribution is 5.76. The minimum absolute atomic E-state index is 0.192. The van der Waals surface area contributed by atoms with E-state index in [9.17, 15) is 8.78 Å². The number of hydrogen-bond donors (Lipinski definition) is 0. The molecule has 3 heterocycles. The fourth-order valence-corrected chi connectivity index (χ4v) is 2.98. The van der Waals surface area contributed by atoms with Crippen molar-refractivity contribution in [3.8, 4) is 11.5 Å². The first-order chi connectivity index (χ1) is 12.2. The highest BCUT2D eigenvalue weighted by Crippen LogP contribution is 2.22. The molecule has 0 aliphatic heterocycles. The van der Waals surface area contributed by atoms with Gasteiger partial charge in [-0.25, -0.2) is 23.7 Å². The van der Waals surface area contributed by atoms with E-state index in [4.69, 9.17) is 0 Å². The van der Waals surface area contributed by atoms with Gasteiger partial charge in [-0.05, 0) is 31.2 Å². The molecule has 0 bridgehead atoms. The highest BCUT2D eigenvalue weighted by Gasteiger charge is 2.16. The van der Waals surface area contributed by atoms with Crippen molar-refractivity contribution in [3.05, 3.63) is 66.4 Å². The molecule has 7 heteroatoms. The zero-order chi connectivity index (χ0) is 17.4. The molecule has 5 nitrogen and oxygen atoms in total. The summed E-state index contributed by atoms with van der Waals surface area (Å²) in [5.41, 5.74) is 1.66. The van der Waals surface area contributed by atoms with Crippen molar-refractivity contribution in [2.75, 3.05) is 0 Å². The first-order valence-corrected chi connectivity index (χ1v) is 7.94. The van der Waals surface area contributed by atoms with Gasteiger partial charge in [-0.3, -0.25) is 0 Å². The van der Waals surface area contributed by atoms with E-state index < -0.39 is 5.82 Å². The summed E-state index contributed by atoms with van der Waals surface area (Å²) < 4.78 is 31.3. The molecular weight excluding hydrogens is 324 g/mol. The van der Waals surface area contributed by atoms with Gasteiger partial charge in [0.2, 0.25) is 0 Å². The van der Waals surface area contributed by atoms with Gasteiger partial charge in [0.25, 0.3) is 0 Å². The summed E-state index contributed by atoms with van der Waals surface area (Å²) in [5, 5.41) is 0. The molecule has 0 radical (unpaired) electrons. The summed E-state index contributed by atoms with van der Waals surface area (Å²) in [6, 6.07) is 7.45. The Morgan fingerprint density at radius 1 is 1.08 bits per heavy atom. The van der Waals surface area contributed by atoms with E-state index in [1.807, 2.05) is 11.5 Å². The van der Waals surface area contributed by atoms with Crippen molar-refractivity contribution in [3.63, 3.8) is 0 Å². The van der Waals surface area contributed by atoms with Crippen LogP contribution in [0.3, 0.4) is 0 Å². The van der Waals surface area contributed by atoms with Crippen LogP contribution < -0.4 is 0 Å². The standard InChI is InChI=1S/C18H15F2N5/c1-2-25-15-6-5-12(19)10-14(15)23-16(25)11-24-9-8-22-18(24)17-13(20)4-3-7-21-17/h3-10H,2,11H2,1H3. The molecule has 0 aliphatic carbocycles. The molecule has 4 rings (SSSR count). The molecule has 126 valence electrons. The summed E-state index contributed by atoms with van der Waals surface area (Å²) in [7, 11) is 0. The predicted molar refractivity (Wildman–Crippen MR) is 89.9 cm³/mol. The van der Waals surface area contributed by atoms with Crippen molar-refractivity contribution in [2.24, 2.45) is 0 Å². The maximum atomic E-state index is 14.1. The summed E-state index contributed by atoms with van der Waals surface area (Å²) >= 11 is 0. The second-order valence-electron chi connectivity index (χ2n) is 5.62. The van der Waals surface area contributed by atoms with E-state index in [1.165, 1.54) is 30.5 Å². The number of aromatic nitrogens is 5. The third kappa shape index (κ3) is 2.67. The van der Waals surface area contributed by atoms with Crippen LogP contribution in [-0.2, 0) is 13.1 Å². The van der Waals surface area contributed by atoms with E-state index in [0.29, 0.717) is 24.4 Å². The lowest BCUT2D eigenvalue weighted by atomic mass is 10.3. The maximum absolute atomic E-state index is 14.1. The Balaban J connectivity index is 1.78. The van der Waals surface area contributed by atoms with Crippen molar-refractivity contribution in [2.45, 2.75) is 20.0 Å². The molecule has 0 atom stereocenters. The van der Waals surface area contributed by atoms with Gasteiger partial charge in [0.1, 0.15) is 17.3 Å². The fraction of sp³-hybridized carbons (Fsp3) is 0.167. The lowest BCUT2D eigenvalue weighted by molar-refractivity contribution is 0.618. The lowest BCUT2D eigenvalue weighted by Crippen LogP contribution is -2.09. The molecule has 0 N–H and O–H groups in total. The molecule has 3 aromatic heterocycles. The average molecular weight is 339 g/mol. The van der Waals surface area contributed by atoms with Crippen LogP contribution >= 0.6 is 0 Å². The van der Waals surface area contributed by atoms with Gasteiger partial charge in [0, 0.05) is 31.2 Å². The molecule has 25 heavy (non-hydrogen) atoms. The van der Waals surface area contributed by atoms with Gasteiger partial charge in [-0.15, -0.1) is 0 Å². The molecule has 1 aromatic carbocycles. The van der Waals surface area contributed by atoms with E-state index in [-0.39, 0.29) is 11.5 Å². The molecule has 0 spiro atoms. The third-order valence-electron chi connectivity index (χ3n) is 4.10. The minimum atomic E-state index is -0.430. The molecule has 0 amide bonds. The fourth-order valence-electron chi connectivity index (χ4n) is 2.98. The van der Waals surface area contributed by atoms with Crippen LogP contribution in [0.15, 0.2) is 48.9 Å². The van der Waals surface area contributed by atoms with Crippen molar-refractivity contribution < 1.29 is 8.78 Å². The second kappa shape index (κ2) is 6.08. The number of hydrogen-bond acceptors (Lipinski definition) is 3. The predicted octanol–water partition coefficient (Wildman–Crippen LogP) is 3.64. The summed E-state index contributed by atoms with van der Waals surface area (Å²) in [6.45, 7) is 3.08. The van der Waals surface area contributed by atoms with Crippen LogP contribution in [0, 0.1) is 11.6 Å². The number of pyridine rings is 1. The molecule has 0 saturated carbocycles. The highest BCUT2D eigenvalue weighted by atomic mass is 19.1. The number of imidazole rings is 2. The number of aryl methyl sites for hydroxylation is 1. The Morgan fingerprint density at radius 3 is 2.76 bits per heavy atom. The van der Waals surface area contributed by atoms with Crippen LogP contribution in [0.5, 0.6) is 0 Å². The summed E-state index contributed by atoms with van der Waals surface area (Å²) in [6.07, 6.45) is 4.88. The first-order valence-electron chi connectivity index (χ1n) is 7.94. The Hall–Kier alpha value is -3.09. The van der Waals surface area contributed by atoms with Gasteiger partial charge < -0.3 is 9.13 Å². The van der Waals surface area contributed by atoms with Gasteiger partial charge in [-0.1, -0.05) is 0 Å². The lowest BCUT2D eigenvalue weighted by Gasteiger charge is -2.10. The zero-order valence-corrected chi connectivity index (χ0v) is 13.5. The van der Waals surface area contributed by atoms with E-state index >= 15 is 0 Å². The van der Waals surface area contributed by atoms with Crippen LogP contribution in [0.1, 0.15) is 12.7 Å². The molecule has 0 fully saturated rings. The van der Waals surface area contributed by atoms with E-state index in [1.54, 1.807) is 23.0 Å². The number of nitrogens with zero attached hydrogens (tertiary/aromatic N) is 5. The van der Waals surface area contributed by atoms with E-state index in [2.05, 4.69) is 15.0 Å². The quantitative estimate of drug-likeness (QED) is 0.570. The molecule has 0 saturated heterocycles. The number of fused-ring (bicyclic) bond motifs is 1. The molecule has 0 unspecified atom stereocenters. The summed E-state index contributed by atoms with van der Waals surface area (Å²) in [4.78, 5) is 12.9. The Bertz CT molecular complexity index is 1050. The number of halogens is 2. The molecular formula is C18H15F2N5.